The van der Waals surface area contributed by atoms with Crippen molar-refractivity contribution in [2.24, 2.45) is 10.9 Å². The predicted octanol–water partition coefficient (Wildman–Crippen LogP) is 1.25. The number of hydrogen-bond acceptors (Lipinski definition) is 6. The van der Waals surface area contributed by atoms with E-state index in [0.717, 1.165) is 77.3 Å². The zero-order valence-electron chi connectivity index (χ0n) is 19.8. The summed E-state index contributed by atoms with van der Waals surface area (Å²) >= 11 is 0. The van der Waals surface area contributed by atoms with E-state index in [0.29, 0.717) is 12.5 Å². The van der Waals surface area contributed by atoms with Crippen LogP contribution in [0.1, 0.15) is 26.3 Å². The third-order valence-electron chi connectivity index (χ3n) is 5.74. The minimum absolute atomic E-state index is 0.195. The second kappa shape index (κ2) is 12.2. The van der Waals surface area contributed by atoms with E-state index in [4.69, 9.17) is 9.73 Å². The van der Waals surface area contributed by atoms with Gasteiger partial charge in [-0.25, -0.2) is 9.98 Å². The van der Waals surface area contributed by atoms with Gasteiger partial charge in [-0.05, 0) is 37.6 Å². The SMILES string of the molecule is CCNC(=NCc1ccnc(N2CCN(C)CC2)c1)NCC1CN(CC(C)C)CCO1. The summed E-state index contributed by atoms with van der Waals surface area (Å²) in [7, 11) is 2.17. The molecule has 3 heterocycles. The molecule has 1 aromatic rings. The molecular formula is C23H41N7O. The van der Waals surface area contributed by atoms with Crippen molar-refractivity contribution in [3.63, 3.8) is 0 Å². The highest BCUT2D eigenvalue weighted by Gasteiger charge is 2.21. The Hall–Kier alpha value is -1.90. The van der Waals surface area contributed by atoms with E-state index < -0.39 is 0 Å². The summed E-state index contributed by atoms with van der Waals surface area (Å²) in [6.07, 6.45) is 2.10. The molecule has 174 valence electrons. The van der Waals surface area contributed by atoms with Crippen LogP contribution in [0.2, 0.25) is 0 Å². The Morgan fingerprint density at radius 1 is 1.23 bits per heavy atom. The number of aromatic nitrogens is 1. The second-order valence-corrected chi connectivity index (χ2v) is 9.03. The van der Waals surface area contributed by atoms with Crippen molar-refractivity contribution in [3.05, 3.63) is 23.9 Å². The molecule has 1 unspecified atom stereocenters. The van der Waals surface area contributed by atoms with Crippen LogP contribution in [0.25, 0.3) is 0 Å². The van der Waals surface area contributed by atoms with E-state index >= 15 is 0 Å². The Balaban J connectivity index is 1.53. The van der Waals surface area contributed by atoms with Gasteiger partial charge in [0.05, 0.1) is 19.3 Å². The molecule has 31 heavy (non-hydrogen) atoms. The molecule has 2 aliphatic heterocycles. The molecule has 2 saturated heterocycles. The minimum Gasteiger partial charge on any atom is -0.374 e. The minimum atomic E-state index is 0.195. The van der Waals surface area contributed by atoms with Gasteiger partial charge in [-0.3, -0.25) is 4.90 Å². The third kappa shape index (κ3) is 7.94. The molecule has 0 saturated carbocycles. The molecule has 0 bridgehead atoms. The molecule has 8 heteroatoms. The average molecular weight is 432 g/mol. The first kappa shape index (κ1) is 23.8. The molecule has 0 amide bonds. The van der Waals surface area contributed by atoms with Crippen molar-refractivity contribution in [1.82, 2.24) is 25.4 Å². The molecule has 0 radical (unpaired) electrons. The Bertz CT molecular complexity index is 688. The Kier molecular flexibility index (Phi) is 9.36. The van der Waals surface area contributed by atoms with Crippen molar-refractivity contribution >= 4 is 11.8 Å². The molecule has 1 aromatic heterocycles. The number of anilines is 1. The van der Waals surface area contributed by atoms with E-state index in [-0.39, 0.29) is 6.10 Å². The van der Waals surface area contributed by atoms with Crippen LogP contribution in [0.3, 0.4) is 0 Å². The first-order valence-corrected chi connectivity index (χ1v) is 11.8. The van der Waals surface area contributed by atoms with Crippen LogP contribution in [0.15, 0.2) is 23.3 Å². The summed E-state index contributed by atoms with van der Waals surface area (Å²) in [5.41, 5.74) is 1.18. The maximum atomic E-state index is 5.97. The lowest BCUT2D eigenvalue weighted by Crippen LogP contribution is -2.50. The standard InChI is InChI=1S/C23H41N7O/c1-5-24-23(27-16-21-18-29(12-13-31-21)17-19(2)3)26-15-20-6-7-25-22(14-20)30-10-8-28(4)9-11-30/h6-7,14,19,21H,5,8-13,15-18H2,1-4H3,(H2,24,26,27). The smallest absolute Gasteiger partial charge is 0.191 e. The highest BCUT2D eigenvalue weighted by atomic mass is 16.5. The van der Waals surface area contributed by atoms with Gasteiger partial charge in [-0.1, -0.05) is 13.8 Å². The Morgan fingerprint density at radius 3 is 2.77 bits per heavy atom. The van der Waals surface area contributed by atoms with Crippen molar-refractivity contribution in [2.45, 2.75) is 33.4 Å². The van der Waals surface area contributed by atoms with Crippen molar-refractivity contribution in [2.75, 3.05) is 77.5 Å². The number of aliphatic imine (C=N–C) groups is 1. The van der Waals surface area contributed by atoms with Crippen LogP contribution >= 0.6 is 0 Å². The normalized spacial score (nSPS) is 21.5. The first-order chi connectivity index (χ1) is 15.0. The summed E-state index contributed by atoms with van der Waals surface area (Å²) < 4.78 is 5.97. The largest absolute Gasteiger partial charge is 0.374 e. The summed E-state index contributed by atoms with van der Waals surface area (Å²) in [5, 5.41) is 6.83. The predicted molar refractivity (Wildman–Crippen MR) is 128 cm³/mol. The van der Waals surface area contributed by atoms with Gasteiger partial charge >= 0.3 is 0 Å². The fraction of sp³-hybridized carbons (Fsp3) is 0.739. The summed E-state index contributed by atoms with van der Waals surface area (Å²) in [6.45, 7) is 17.0. The van der Waals surface area contributed by atoms with Crippen LogP contribution in [-0.4, -0.2) is 99.4 Å². The van der Waals surface area contributed by atoms with Crippen LogP contribution < -0.4 is 15.5 Å². The average Bonchev–Trinajstić information content (AvgIpc) is 2.76. The number of pyridine rings is 1. The number of ether oxygens (including phenoxy) is 1. The molecule has 8 nitrogen and oxygen atoms in total. The highest BCUT2D eigenvalue weighted by molar-refractivity contribution is 5.79. The zero-order valence-corrected chi connectivity index (χ0v) is 19.8. The molecule has 1 atom stereocenters. The van der Waals surface area contributed by atoms with Crippen LogP contribution in [-0.2, 0) is 11.3 Å². The molecule has 0 aliphatic carbocycles. The fourth-order valence-electron chi connectivity index (χ4n) is 4.08. The topological polar surface area (TPSA) is 68.3 Å². The van der Waals surface area contributed by atoms with Gasteiger partial charge in [0.2, 0.25) is 0 Å². The summed E-state index contributed by atoms with van der Waals surface area (Å²) in [5.74, 6) is 2.58. The molecule has 0 aromatic carbocycles. The van der Waals surface area contributed by atoms with Gasteiger partial charge in [0, 0.05) is 65.1 Å². The second-order valence-electron chi connectivity index (χ2n) is 9.03. The van der Waals surface area contributed by atoms with E-state index in [1.807, 2.05) is 6.20 Å². The number of likely N-dealkylation sites (N-methyl/N-ethyl adjacent to an activating group) is 1. The number of morpholine rings is 1. The van der Waals surface area contributed by atoms with Gasteiger partial charge in [0.25, 0.3) is 0 Å². The Morgan fingerprint density at radius 2 is 2.03 bits per heavy atom. The molecule has 3 rings (SSSR count). The number of rotatable bonds is 8. The highest BCUT2D eigenvalue weighted by Crippen LogP contribution is 2.15. The van der Waals surface area contributed by atoms with Crippen LogP contribution in [0, 0.1) is 5.92 Å². The summed E-state index contributed by atoms with van der Waals surface area (Å²) in [6, 6.07) is 4.23. The summed E-state index contributed by atoms with van der Waals surface area (Å²) in [4.78, 5) is 16.6. The number of piperazine rings is 1. The fourth-order valence-corrected chi connectivity index (χ4v) is 4.08. The van der Waals surface area contributed by atoms with Crippen LogP contribution in [0.4, 0.5) is 5.82 Å². The van der Waals surface area contributed by atoms with E-state index in [1.165, 1.54) is 5.56 Å². The van der Waals surface area contributed by atoms with Crippen molar-refractivity contribution < 1.29 is 4.74 Å². The monoisotopic (exact) mass is 431 g/mol. The maximum Gasteiger partial charge on any atom is 0.191 e. The lowest BCUT2D eigenvalue weighted by atomic mass is 10.2. The molecule has 2 aliphatic rings. The van der Waals surface area contributed by atoms with E-state index in [1.54, 1.807) is 0 Å². The molecule has 2 fully saturated rings. The lowest BCUT2D eigenvalue weighted by molar-refractivity contribution is -0.0284. The quantitative estimate of drug-likeness (QED) is 0.474. The number of hydrogen-bond donors (Lipinski definition) is 2. The van der Waals surface area contributed by atoms with Crippen molar-refractivity contribution in [3.8, 4) is 0 Å². The molecule has 0 spiro atoms. The zero-order chi connectivity index (χ0) is 22.1. The maximum absolute atomic E-state index is 5.97. The first-order valence-electron chi connectivity index (χ1n) is 11.8. The van der Waals surface area contributed by atoms with E-state index in [9.17, 15) is 0 Å². The third-order valence-corrected chi connectivity index (χ3v) is 5.74. The van der Waals surface area contributed by atoms with Gasteiger partial charge in [0.15, 0.2) is 5.96 Å². The van der Waals surface area contributed by atoms with E-state index in [2.05, 4.69) is 70.3 Å². The van der Waals surface area contributed by atoms with Gasteiger partial charge in [0.1, 0.15) is 5.82 Å². The number of guanidine groups is 1. The number of nitrogens with zero attached hydrogens (tertiary/aromatic N) is 5. The van der Waals surface area contributed by atoms with Gasteiger partial charge < -0.3 is 25.2 Å². The van der Waals surface area contributed by atoms with Gasteiger partial charge in [-0.2, -0.15) is 0 Å². The van der Waals surface area contributed by atoms with Crippen LogP contribution in [0.5, 0.6) is 0 Å². The number of nitrogens with one attached hydrogen (secondary N) is 2. The lowest BCUT2D eigenvalue weighted by Gasteiger charge is -2.34. The Labute approximate surface area is 188 Å². The molecular weight excluding hydrogens is 390 g/mol. The van der Waals surface area contributed by atoms with Crippen molar-refractivity contribution in [1.29, 1.82) is 0 Å². The molecule has 2 N–H and O–H groups in total. The van der Waals surface area contributed by atoms with Gasteiger partial charge in [-0.15, -0.1) is 0 Å².